The Morgan fingerprint density at radius 2 is 2.25 bits per heavy atom. The van der Waals surface area contributed by atoms with E-state index in [4.69, 9.17) is 16.7 Å². The quantitative estimate of drug-likeness (QED) is 0.872. The van der Waals surface area contributed by atoms with Gasteiger partial charge in [0, 0.05) is 11.1 Å². The topological polar surface area (TPSA) is 55.1 Å². The lowest BCUT2D eigenvalue weighted by Crippen LogP contribution is -2.02. The fraction of sp³-hybridized carbons (Fsp3) is 0.273. The van der Waals surface area contributed by atoms with Gasteiger partial charge in [0.05, 0.1) is 22.9 Å². The van der Waals surface area contributed by atoms with Crippen molar-refractivity contribution in [1.29, 1.82) is 0 Å². The first-order chi connectivity index (χ1) is 7.66. The van der Waals surface area contributed by atoms with Crippen LogP contribution in [0.25, 0.3) is 11.0 Å². The number of benzene rings is 1. The molecule has 0 atom stereocenters. The van der Waals surface area contributed by atoms with Gasteiger partial charge in [-0.3, -0.25) is 0 Å². The molecule has 16 heavy (non-hydrogen) atoms. The Balaban J connectivity index is 2.35. The highest BCUT2D eigenvalue weighted by molar-refractivity contribution is 6.31. The number of halogens is 1. The first kappa shape index (κ1) is 9.66. The van der Waals surface area contributed by atoms with Crippen LogP contribution in [-0.4, -0.2) is 20.6 Å². The molecule has 1 saturated carbocycles. The van der Waals surface area contributed by atoms with Gasteiger partial charge in [-0.25, -0.2) is 9.78 Å². The molecular formula is C11H9ClN2O2. The van der Waals surface area contributed by atoms with Crippen LogP contribution < -0.4 is 0 Å². The van der Waals surface area contributed by atoms with Crippen LogP contribution in [-0.2, 0) is 0 Å². The maximum atomic E-state index is 11.2. The Morgan fingerprint density at radius 1 is 1.50 bits per heavy atom. The molecule has 1 heterocycles. The van der Waals surface area contributed by atoms with Crippen LogP contribution in [0.4, 0.5) is 0 Å². The highest BCUT2D eigenvalue weighted by Gasteiger charge is 2.27. The van der Waals surface area contributed by atoms with Crippen molar-refractivity contribution in [2.45, 2.75) is 18.9 Å². The highest BCUT2D eigenvalue weighted by atomic mass is 35.5. The highest BCUT2D eigenvalue weighted by Crippen LogP contribution is 2.38. The molecule has 1 fully saturated rings. The molecule has 0 aliphatic heterocycles. The maximum absolute atomic E-state index is 11.2. The number of imidazole rings is 1. The van der Waals surface area contributed by atoms with Crippen molar-refractivity contribution < 1.29 is 9.90 Å². The molecule has 1 aliphatic carbocycles. The summed E-state index contributed by atoms with van der Waals surface area (Å²) in [7, 11) is 0. The number of carboxylic acid groups (broad SMARTS) is 1. The fourth-order valence-corrected chi connectivity index (χ4v) is 2.14. The second-order valence-electron chi connectivity index (χ2n) is 4.01. The van der Waals surface area contributed by atoms with Crippen molar-refractivity contribution in [2.24, 2.45) is 0 Å². The number of aromatic carboxylic acids is 1. The molecule has 2 aromatic rings. The average Bonchev–Trinajstić information content (AvgIpc) is 2.98. The standard InChI is InChI=1S/C11H9ClN2O2/c12-6-3-8(11(15)16)10-9(4-6)13-5-14(10)7-1-2-7/h3-5,7H,1-2H2,(H,15,16). The lowest BCUT2D eigenvalue weighted by Gasteiger charge is -2.04. The minimum absolute atomic E-state index is 0.229. The lowest BCUT2D eigenvalue weighted by atomic mass is 10.2. The molecule has 0 spiro atoms. The summed E-state index contributed by atoms with van der Waals surface area (Å²) in [6.45, 7) is 0. The van der Waals surface area contributed by atoms with E-state index in [2.05, 4.69) is 4.98 Å². The number of rotatable bonds is 2. The van der Waals surface area contributed by atoms with Crippen molar-refractivity contribution >= 4 is 28.6 Å². The molecule has 0 bridgehead atoms. The second kappa shape index (κ2) is 3.22. The number of nitrogens with zero attached hydrogens (tertiary/aromatic N) is 2. The Labute approximate surface area is 96.5 Å². The Bertz CT molecular complexity index is 587. The summed E-state index contributed by atoms with van der Waals surface area (Å²) >= 11 is 5.86. The van der Waals surface area contributed by atoms with E-state index < -0.39 is 5.97 Å². The molecule has 3 rings (SSSR count). The van der Waals surface area contributed by atoms with Gasteiger partial charge in [-0.1, -0.05) is 11.6 Å². The van der Waals surface area contributed by atoms with E-state index in [0.29, 0.717) is 22.1 Å². The van der Waals surface area contributed by atoms with Gasteiger partial charge in [-0.2, -0.15) is 0 Å². The zero-order chi connectivity index (χ0) is 11.3. The zero-order valence-electron chi connectivity index (χ0n) is 8.35. The number of fused-ring (bicyclic) bond motifs is 1. The SMILES string of the molecule is O=C(O)c1cc(Cl)cc2ncn(C3CC3)c12. The van der Waals surface area contributed by atoms with E-state index in [1.54, 1.807) is 12.4 Å². The van der Waals surface area contributed by atoms with Crippen LogP contribution in [0, 0.1) is 0 Å². The summed E-state index contributed by atoms with van der Waals surface area (Å²) in [5, 5.41) is 9.56. The third-order valence-electron chi connectivity index (χ3n) is 2.80. The van der Waals surface area contributed by atoms with Gasteiger partial charge >= 0.3 is 5.97 Å². The number of hydrogen-bond acceptors (Lipinski definition) is 2. The lowest BCUT2D eigenvalue weighted by molar-refractivity contribution is 0.0698. The van der Waals surface area contributed by atoms with Crippen LogP contribution in [0.3, 0.4) is 0 Å². The average molecular weight is 237 g/mol. The smallest absolute Gasteiger partial charge is 0.337 e. The van der Waals surface area contributed by atoms with Crippen LogP contribution in [0.1, 0.15) is 29.2 Å². The van der Waals surface area contributed by atoms with Crippen LogP contribution in [0.15, 0.2) is 18.5 Å². The predicted octanol–water partition coefficient (Wildman–Crippen LogP) is 2.72. The van der Waals surface area contributed by atoms with E-state index in [1.807, 2.05) is 4.57 Å². The maximum Gasteiger partial charge on any atom is 0.337 e. The van der Waals surface area contributed by atoms with Gasteiger partial charge in [0.25, 0.3) is 0 Å². The number of carbonyl (C=O) groups is 1. The Hall–Kier alpha value is -1.55. The van der Waals surface area contributed by atoms with E-state index in [0.717, 1.165) is 12.8 Å². The monoisotopic (exact) mass is 236 g/mol. The van der Waals surface area contributed by atoms with Crippen molar-refractivity contribution in [2.75, 3.05) is 0 Å². The third-order valence-corrected chi connectivity index (χ3v) is 3.02. The minimum atomic E-state index is -0.963. The molecular weight excluding hydrogens is 228 g/mol. The molecule has 1 aromatic heterocycles. The van der Waals surface area contributed by atoms with Gasteiger partial charge < -0.3 is 9.67 Å². The molecule has 0 saturated heterocycles. The summed E-state index contributed by atoms with van der Waals surface area (Å²) in [5.74, 6) is -0.963. The van der Waals surface area contributed by atoms with Crippen LogP contribution in [0.2, 0.25) is 5.02 Å². The van der Waals surface area contributed by atoms with E-state index in [9.17, 15) is 4.79 Å². The van der Waals surface area contributed by atoms with E-state index >= 15 is 0 Å². The van der Waals surface area contributed by atoms with E-state index in [1.165, 1.54) is 6.07 Å². The zero-order valence-corrected chi connectivity index (χ0v) is 9.11. The molecule has 82 valence electrons. The summed E-state index contributed by atoms with van der Waals surface area (Å²) in [4.78, 5) is 15.4. The largest absolute Gasteiger partial charge is 0.478 e. The molecule has 0 amide bonds. The third kappa shape index (κ3) is 1.38. The Kier molecular flexibility index (Phi) is 1.94. The summed E-state index contributed by atoms with van der Waals surface area (Å²) in [5.41, 5.74) is 1.56. The summed E-state index contributed by atoms with van der Waals surface area (Å²) in [6, 6.07) is 3.58. The Morgan fingerprint density at radius 3 is 2.88 bits per heavy atom. The van der Waals surface area contributed by atoms with Crippen molar-refractivity contribution in [1.82, 2.24) is 9.55 Å². The molecule has 1 N–H and O–H groups in total. The number of carboxylic acids is 1. The van der Waals surface area contributed by atoms with E-state index in [-0.39, 0.29) is 5.56 Å². The molecule has 0 radical (unpaired) electrons. The minimum Gasteiger partial charge on any atom is -0.478 e. The van der Waals surface area contributed by atoms with Crippen molar-refractivity contribution in [3.05, 3.63) is 29.0 Å². The number of hydrogen-bond donors (Lipinski definition) is 1. The summed E-state index contributed by atoms with van der Waals surface area (Å²) in [6.07, 6.45) is 3.88. The van der Waals surface area contributed by atoms with Crippen LogP contribution in [0.5, 0.6) is 0 Å². The molecule has 1 aliphatic rings. The molecule has 0 unspecified atom stereocenters. The van der Waals surface area contributed by atoms with Gasteiger partial charge in [-0.05, 0) is 25.0 Å². The van der Waals surface area contributed by atoms with Gasteiger partial charge in [0.15, 0.2) is 0 Å². The van der Waals surface area contributed by atoms with Gasteiger partial charge in [-0.15, -0.1) is 0 Å². The molecule has 1 aromatic carbocycles. The fourth-order valence-electron chi connectivity index (χ4n) is 1.93. The predicted molar refractivity (Wildman–Crippen MR) is 60.0 cm³/mol. The van der Waals surface area contributed by atoms with Crippen molar-refractivity contribution in [3.8, 4) is 0 Å². The molecule has 5 heteroatoms. The second-order valence-corrected chi connectivity index (χ2v) is 4.45. The molecule has 4 nitrogen and oxygen atoms in total. The number of aromatic nitrogens is 2. The van der Waals surface area contributed by atoms with Crippen LogP contribution >= 0.6 is 11.6 Å². The van der Waals surface area contributed by atoms with Gasteiger partial charge in [0.1, 0.15) is 0 Å². The first-order valence-corrected chi connectivity index (χ1v) is 5.44. The summed E-state index contributed by atoms with van der Waals surface area (Å²) < 4.78 is 1.94. The van der Waals surface area contributed by atoms with Gasteiger partial charge in [0.2, 0.25) is 0 Å². The normalized spacial score (nSPS) is 15.6. The first-order valence-electron chi connectivity index (χ1n) is 5.06. The van der Waals surface area contributed by atoms with Crippen molar-refractivity contribution in [3.63, 3.8) is 0 Å².